The van der Waals surface area contributed by atoms with Crippen LogP contribution >= 0.6 is 15.6 Å². The van der Waals surface area contributed by atoms with Crippen LogP contribution in [0.3, 0.4) is 0 Å². The molecule has 0 amide bonds. The van der Waals surface area contributed by atoms with Crippen molar-refractivity contribution in [2.24, 2.45) is 0 Å². The molecule has 10 heteroatoms. The Labute approximate surface area is 184 Å². The molecule has 0 atom stereocenters. The normalized spacial score (nSPS) is 12.0. The van der Waals surface area contributed by atoms with Gasteiger partial charge in [-0.2, -0.15) is 4.31 Å². The average molecular weight is 441 g/mol. The van der Waals surface area contributed by atoms with Crippen molar-refractivity contribution in [2.75, 3.05) is 0 Å². The van der Waals surface area contributed by atoms with Crippen molar-refractivity contribution in [3.63, 3.8) is 0 Å². The van der Waals surface area contributed by atoms with Crippen molar-refractivity contribution in [2.45, 2.75) is 39.5 Å². The average Bonchev–Trinajstić information content (AvgIpc) is 2.53. The van der Waals surface area contributed by atoms with Crippen LogP contribution < -0.4 is 9.05 Å². The molecule has 0 heterocycles. The predicted octanol–water partition coefficient (Wildman–Crippen LogP) is 5.45. The minimum absolute atomic E-state index is 0. The Morgan fingerprint density at radius 2 is 1.07 bits per heavy atom. The maximum absolute atomic E-state index is 12.8. The number of phosphoric acid groups is 2. The van der Waals surface area contributed by atoms with E-state index < -0.39 is 15.6 Å². The second-order valence-electron chi connectivity index (χ2n) is 6.65. The molecule has 7 nitrogen and oxygen atoms in total. The fourth-order valence-corrected chi connectivity index (χ4v) is 4.37. The van der Waals surface area contributed by atoms with Crippen molar-refractivity contribution >= 4 is 38.7 Å². The summed E-state index contributed by atoms with van der Waals surface area (Å²) in [5, 5.41) is 0. The molecule has 0 aliphatic heterocycles. The first-order chi connectivity index (χ1) is 12.5. The molecule has 2 rings (SSSR count). The van der Waals surface area contributed by atoms with Gasteiger partial charge in [-0.1, -0.05) is 52.0 Å². The third-order valence-corrected chi connectivity index (χ3v) is 6.25. The molecular weight excluding hydrogens is 414 g/mol. The van der Waals surface area contributed by atoms with Gasteiger partial charge in [0.2, 0.25) is 0 Å². The van der Waals surface area contributed by atoms with Gasteiger partial charge in [-0.25, -0.2) is 9.13 Å². The van der Waals surface area contributed by atoms with Gasteiger partial charge < -0.3 is 21.7 Å². The van der Waals surface area contributed by atoms with Gasteiger partial charge in [-0.05, 0) is 47.2 Å². The third kappa shape index (κ3) is 7.88. The van der Waals surface area contributed by atoms with Gasteiger partial charge in [-0.15, -0.1) is 0 Å². The van der Waals surface area contributed by atoms with Gasteiger partial charge in [-0.3, -0.25) is 0 Å². The molecule has 0 unspecified atom stereocenters. The molecule has 2 aromatic rings. The van der Waals surface area contributed by atoms with Gasteiger partial charge in [0.15, 0.2) is 0 Å². The van der Waals surface area contributed by atoms with E-state index in [1.54, 1.807) is 24.3 Å². The molecule has 0 saturated heterocycles. The van der Waals surface area contributed by atoms with Crippen molar-refractivity contribution < 1.29 is 35.1 Å². The smallest absolute Gasteiger partial charge is 1.00 e. The maximum atomic E-state index is 12.8. The van der Waals surface area contributed by atoms with Crippen LogP contribution in [0.2, 0.25) is 0 Å². The van der Waals surface area contributed by atoms with E-state index in [0.717, 1.165) is 11.1 Å². The van der Waals surface area contributed by atoms with Crippen LogP contribution in [0.1, 0.15) is 53.5 Å². The molecule has 0 aliphatic carbocycles. The molecular formula is C18H26MgO7P2. The Morgan fingerprint density at radius 1 is 0.750 bits per heavy atom. The summed E-state index contributed by atoms with van der Waals surface area (Å²) in [5.74, 6) is 0.783. The SMILES string of the molecule is CC(C)c1ccc(OP(=O)(Oc2ccc(C(C)C)cc2)OP(=O)(O)O)cc1.[H-].[H-].[Mg+2]. The largest absolute Gasteiger partial charge is 2.00 e. The minimum atomic E-state index is -5.12. The quantitative estimate of drug-likeness (QED) is 0.415. The van der Waals surface area contributed by atoms with Crippen molar-refractivity contribution in [1.82, 2.24) is 0 Å². The van der Waals surface area contributed by atoms with Crippen LogP contribution in [-0.4, -0.2) is 32.8 Å². The summed E-state index contributed by atoms with van der Waals surface area (Å²) in [6.07, 6.45) is 0. The molecule has 0 bridgehead atoms. The number of phosphoric ester groups is 1. The minimum Gasteiger partial charge on any atom is -1.00 e. The Hall–Kier alpha value is -0.854. The second-order valence-corrected chi connectivity index (χ2v) is 9.54. The van der Waals surface area contributed by atoms with E-state index in [2.05, 4.69) is 4.31 Å². The molecule has 0 radical (unpaired) electrons. The zero-order chi connectivity index (χ0) is 20.2. The molecule has 0 aromatic heterocycles. The summed E-state index contributed by atoms with van der Waals surface area (Å²) < 4.78 is 38.9. The van der Waals surface area contributed by atoms with E-state index in [0.29, 0.717) is 0 Å². The first-order valence-electron chi connectivity index (χ1n) is 8.43. The summed E-state index contributed by atoms with van der Waals surface area (Å²) in [4.78, 5) is 18.2. The van der Waals surface area contributed by atoms with E-state index >= 15 is 0 Å². The summed E-state index contributed by atoms with van der Waals surface area (Å²) in [5.41, 5.74) is 2.05. The Morgan fingerprint density at radius 3 is 1.32 bits per heavy atom. The molecule has 0 fully saturated rings. The number of hydrogen-bond donors (Lipinski definition) is 2. The van der Waals surface area contributed by atoms with Gasteiger partial charge in [0.1, 0.15) is 11.5 Å². The van der Waals surface area contributed by atoms with Crippen molar-refractivity contribution in [1.29, 1.82) is 0 Å². The van der Waals surface area contributed by atoms with Gasteiger partial charge in [0, 0.05) is 0 Å². The number of rotatable bonds is 8. The summed E-state index contributed by atoms with van der Waals surface area (Å²) in [6.45, 7) is 8.06. The van der Waals surface area contributed by atoms with Crippen molar-refractivity contribution in [3.8, 4) is 11.5 Å². The zero-order valence-corrected chi connectivity index (χ0v) is 19.5. The number of benzene rings is 2. The van der Waals surface area contributed by atoms with E-state index in [4.69, 9.17) is 18.8 Å². The Balaban J connectivity index is 0. The first-order valence-corrected chi connectivity index (χ1v) is 11.4. The summed E-state index contributed by atoms with van der Waals surface area (Å²) in [6, 6.07) is 13.2. The molecule has 0 saturated carbocycles. The maximum Gasteiger partial charge on any atom is 2.00 e. The monoisotopic (exact) mass is 440 g/mol. The van der Waals surface area contributed by atoms with E-state index in [1.165, 1.54) is 24.3 Å². The molecule has 2 N–H and O–H groups in total. The van der Waals surface area contributed by atoms with E-state index in [9.17, 15) is 9.13 Å². The van der Waals surface area contributed by atoms with E-state index in [1.807, 2.05) is 27.7 Å². The molecule has 0 aliphatic rings. The number of hydrogen-bond acceptors (Lipinski definition) is 5. The van der Waals surface area contributed by atoms with Crippen LogP contribution in [0.25, 0.3) is 0 Å². The summed E-state index contributed by atoms with van der Waals surface area (Å²) in [7, 11) is -9.75. The second kappa shape index (κ2) is 10.3. The van der Waals surface area contributed by atoms with Crippen LogP contribution in [0.5, 0.6) is 11.5 Å². The fraction of sp³-hybridized carbons (Fsp3) is 0.333. The van der Waals surface area contributed by atoms with Crippen LogP contribution in [-0.2, 0) is 13.4 Å². The fourth-order valence-electron chi connectivity index (χ4n) is 2.27. The first kappa shape index (κ1) is 25.2. The van der Waals surface area contributed by atoms with Gasteiger partial charge in [0.05, 0.1) is 0 Å². The van der Waals surface area contributed by atoms with Gasteiger partial charge >= 0.3 is 38.7 Å². The zero-order valence-electron chi connectivity index (χ0n) is 18.3. The Bertz CT molecular complexity index is 798. The van der Waals surface area contributed by atoms with Crippen molar-refractivity contribution in [3.05, 3.63) is 59.7 Å². The third-order valence-electron chi connectivity index (χ3n) is 3.73. The standard InChI is InChI=1S/C18H24O7P2.Mg.2H/c1-13(2)15-5-9-17(10-6-15)23-27(22,25-26(19,20)21)24-18-11-7-16(8-12-18)14(3)4;;;/h5-14H,1-4H3,(H2,19,20,21);;;/q;+2;2*-1. The van der Waals surface area contributed by atoms with Gasteiger partial charge in [0.25, 0.3) is 0 Å². The predicted molar refractivity (Wildman–Crippen MR) is 111 cm³/mol. The van der Waals surface area contributed by atoms with Crippen LogP contribution in [0.4, 0.5) is 0 Å². The van der Waals surface area contributed by atoms with E-state index in [-0.39, 0.29) is 49.2 Å². The molecule has 152 valence electrons. The topological polar surface area (TPSA) is 102 Å². The molecule has 2 aromatic carbocycles. The van der Waals surface area contributed by atoms with Crippen LogP contribution in [0, 0.1) is 0 Å². The molecule has 28 heavy (non-hydrogen) atoms. The summed E-state index contributed by atoms with van der Waals surface area (Å²) >= 11 is 0. The van der Waals surface area contributed by atoms with Crippen LogP contribution in [0.15, 0.2) is 48.5 Å². The Kier molecular flexibility index (Phi) is 9.23. The molecule has 0 spiro atoms.